The Bertz CT molecular complexity index is 1210. The van der Waals surface area contributed by atoms with Crippen molar-refractivity contribution in [3.8, 4) is 5.69 Å². The molecule has 7 heteroatoms. The van der Waals surface area contributed by atoms with Crippen LogP contribution in [0.25, 0.3) is 11.8 Å². The van der Waals surface area contributed by atoms with Crippen molar-refractivity contribution in [2.75, 3.05) is 0 Å². The molecule has 0 bridgehead atoms. The average molecular weight is 484 g/mol. The molecule has 0 saturated heterocycles. The summed E-state index contributed by atoms with van der Waals surface area (Å²) in [4.78, 5) is 12.5. The molecule has 4 nitrogen and oxygen atoms in total. The van der Waals surface area contributed by atoms with E-state index in [0.29, 0.717) is 19.3 Å². The van der Waals surface area contributed by atoms with Gasteiger partial charge in [-0.2, -0.15) is 18.3 Å². The molecule has 3 aliphatic carbocycles. The van der Waals surface area contributed by atoms with Crippen molar-refractivity contribution in [2.45, 2.75) is 65.6 Å². The Kier molecular flexibility index (Phi) is 5.72. The molecule has 1 aromatic heterocycles. The molecular weight excluding hydrogens is 451 g/mol. The summed E-state index contributed by atoms with van der Waals surface area (Å²) < 4.78 is 44.0. The molecule has 1 N–H and O–H groups in total. The van der Waals surface area contributed by atoms with Gasteiger partial charge in [0, 0.05) is 23.3 Å². The third-order valence-corrected chi connectivity index (χ3v) is 8.20. The van der Waals surface area contributed by atoms with Crippen LogP contribution < -0.4 is 5.32 Å². The molecule has 1 saturated carbocycles. The van der Waals surface area contributed by atoms with E-state index in [1.807, 2.05) is 23.9 Å². The van der Waals surface area contributed by atoms with Crippen LogP contribution in [-0.4, -0.2) is 27.9 Å². The van der Waals surface area contributed by atoms with Crippen molar-refractivity contribution in [1.29, 1.82) is 0 Å². The zero-order chi connectivity index (χ0) is 25.1. The van der Waals surface area contributed by atoms with Crippen molar-refractivity contribution >= 4 is 12.0 Å². The Labute approximate surface area is 204 Å². The third kappa shape index (κ3) is 4.03. The molecule has 1 amide bonds. The third-order valence-electron chi connectivity index (χ3n) is 8.20. The number of nitrogens with zero attached hydrogens (tertiary/aromatic N) is 2. The Morgan fingerprint density at radius 3 is 2.60 bits per heavy atom. The Balaban J connectivity index is 1.52. The van der Waals surface area contributed by atoms with Gasteiger partial charge in [0.2, 0.25) is 5.91 Å². The van der Waals surface area contributed by atoms with E-state index in [4.69, 9.17) is 0 Å². The number of benzene rings is 1. The molecule has 1 aromatic carbocycles. The largest absolute Gasteiger partial charge is 0.394 e. The number of allylic oxidation sites excluding steroid dienone is 2. The summed E-state index contributed by atoms with van der Waals surface area (Å²) >= 11 is 0. The second kappa shape index (κ2) is 8.38. The number of hydrogen-bond donors (Lipinski definition) is 1. The number of carbonyl (C=O) groups is 1. The summed E-state index contributed by atoms with van der Waals surface area (Å²) in [7, 11) is 0. The summed E-state index contributed by atoms with van der Waals surface area (Å²) in [6, 6.07) is 7.29. The zero-order valence-corrected chi connectivity index (χ0v) is 20.6. The number of amides is 1. The minimum absolute atomic E-state index is 0.100. The monoisotopic (exact) mass is 483 g/mol. The molecule has 0 spiro atoms. The molecule has 2 aromatic rings. The van der Waals surface area contributed by atoms with Crippen LogP contribution in [0.1, 0.15) is 56.9 Å². The van der Waals surface area contributed by atoms with E-state index in [1.165, 1.54) is 11.1 Å². The van der Waals surface area contributed by atoms with Crippen molar-refractivity contribution in [3.05, 3.63) is 64.5 Å². The van der Waals surface area contributed by atoms with Crippen LogP contribution in [0.3, 0.4) is 0 Å². The Morgan fingerprint density at radius 2 is 1.94 bits per heavy atom. The molecule has 4 atom stereocenters. The maximum absolute atomic E-state index is 14.0. The van der Waals surface area contributed by atoms with E-state index < -0.39 is 18.1 Å². The highest BCUT2D eigenvalue weighted by atomic mass is 19.4. The van der Waals surface area contributed by atoms with Gasteiger partial charge in [-0.15, -0.1) is 0 Å². The molecule has 35 heavy (non-hydrogen) atoms. The summed E-state index contributed by atoms with van der Waals surface area (Å²) in [6.07, 6.45) is 3.44. The van der Waals surface area contributed by atoms with Crippen LogP contribution in [0.2, 0.25) is 0 Å². The van der Waals surface area contributed by atoms with Crippen molar-refractivity contribution in [2.24, 2.45) is 23.2 Å². The van der Waals surface area contributed by atoms with Crippen LogP contribution in [-0.2, 0) is 11.2 Å². The lowest BCUT2D eigenvalue weighted by atomic mass is 9.55. The van der Waals surface area contributed by atoms with Gasteiger partial charge >= 0.3 is 6.18 Å². The van der Waals surface area contributed by atoms with E-state index in [9.17, 15) is 18.0 Å². The van der Waals surface area contributed by atoms with Crippen LogP contribution >= 0.6 is 0 Å². The number of carbonyl (C=O) groups excluding carboxylic acids is 1. The summed E-state index contributed by atoms with van der Waals surface area (Å²) in [5, 5.41) is 7.46. The minimum Gasteiger partial charge on any atom is -0.352 e. The van der Waals surface area contributed by atoms with Gasteiger partial charge in [-0.3, -0.25) is 4.79 Å². The predicted octanol–water partition coefficient (Wildman–Crippen LogP) is 6.19. The standard InChI is InChI=1S/C28H32F3N3O/c1-16(2)26(35)33-25-21-10-7-19-13-24-18(15-32-34(24)20-8-5-17(3)6-9-20)14-27(19,4)22(21)11-12-23(25)28(29,30)31/h5-6,8-9,11,13,15-16,21,23,25H,7,10,12,14H2,1-4H3,(H,33,35)/t21-,23+,25+,27-/m0/s1. The van der Waals surface area contributed by atoms with Gasteiger partial charge in [0.25, 0.3) is 0 Å². The fourth-order valence-corrected chi connectivity index (χ4v) is 6.20. The number of halogens is 3. The highest BCUT2D eigenvalue weighted by Gasteiger charge is 2.54. The number of alkyl halides is 3. The van der Waals surface area contributed by atoms with E-state index in [-0.39, 0.29) is 29.6 Å². The van der Waals surface area contributed by atoms with Gasteiger partial charge in [-0.1, -0.05) is 55.7 Å². The smallest absolute Gasteiger partial charge is 0.352 e. The van der Waals surface area contributed by atoms with Gasteiger partial charge in [0.05, 0.1) is 23.5 Å². The minimum atomic E-state index is -4.36. The first-order valence-electron chi connectivity index (χ1n) is 12.4. The fraction of sp³-hybridized carbons (Fsp3) is 0.500. The van der Waals surface area contributed by atoms with Crippen LogP contribution in [0.5, 0.6) is 0 Å². The first kappa shape index (κ1) is 23.9. The molecule has 3 aliphatic rings. The fourth-order valence-electron chi connectivity index (χ4n) is 6.20. The summed E-state index contributed by atoms with van der Waals surface area (Å²) in [6.45, 7) is 7.63. The lowest BCUT2D eigenvalue weighted by Gasteiger charge is -2.51. The number of aryl methyl sites for hydroxylation is 1. The molecule has 1 fully saturated rings. The second-order valence-corrected chi connectivity index (χ2v) is 10.9. The van der Waals surface area contributed by atoms with Gasteiger partial charge in [-0.25, -0.2) is 4.68 Å². The molecule has 1 heterocycles. The van der Waals surface area contributed by atoms with Crippen LogP contribution in [0, 0.1) is 30.1 Å². The van der Waals surface area contributed by atoms with Crippen molar-refractivity contribution in [3.63, 3.8) is 0 Å². The molecular formula is C28H32F3N3O. The highest BCUT2D eigenvalue weighted by Crippen LogP contribution is 2.57. The second-order valence-electron chi connectivity index (χ2n) is 10.9. The van der Waals surface area contributed by atoms with Gasteiger partial charge in [0.15, 0.2) is 0 Å². The molecule has 0 unspecified atom stereocenters. The van der Waals surface area contributed by atoms with Crippen LogP contribution in [0.4, 0.5) is 13.2 Å². The first-order valence-corrected chi connectivity index (χ1v) is 12.4. The average Bonchev–Trinajstić information content (AvgIpc) is 3.19. The van der Waals surface area contributed by atoms with E-state index in [1.54, 1.807) is 13.8 Å². The van der Waals surface area contributed by atoms with Gasteiger partial charge < -0.3 is 5.32 Å². The van der Waals surface area contributed by atoms with Gasteiger partial charge in [0.1, 0.15) is 0 Å². The Morgan fingerprint density at radius 1 is 1.23 bits per heavy atom. The number of nitrogens with one attached hydrogen (secondary N) is 1. The van der Waals surface area contributed by atoms with E-state index in [0.717, 1.165) is 22.5 Å². The maximum atomic E-state index is 14.0. The number of hydrogen-bond acceptors (Lipinski definition) is 2. The van der Waals surface area contributed by atoms with E-state index >= 15 is 0 Å². The van der Waals surface area contributed by atoms with Crippen molar-refractivity contribution in [1.82, 2.24) is 15.1 Å². The number of rotatable bonds is 3. The highest BCUT2D eigenvalue weighted by molar-refractivity contribution is 5.78. The number of fused-ring (bicyclic) bond motifs is 4. The topological polar surface area (TPSA) is 46.9 Å². The van der Waals surface area contributed by atoms with Gasteiger partial charge in [-0.05, 0) is 56.4 Å². The van der Waals surface area contributed by atoms with Crippen LogP contribution in [0.15, 0.2) is 47.7 Å². The molecule has 5 rings (SSSR count). The Hall–Kier alpha value is -2.83. The summed E-state index contributed by atoms with van der Waals surface area (Å²) in [5.41, 5.74) is 6.23. The molecule has 0 aliphatic heterocycles. The summed E-state index contributed by atoms with van der Waals surface area (Å²) in [5.74, 6) is -2.56. The normalized spacial score (nSPS) is 27.9. The molecule has 0 radical (unpaired) electrons. The lowest BCUT2D eigenvalue weighted by Crippen LogP contribution is -2.55. The van der Waals surface area contributed by atoms with Crippen molar-refractivity contribution < 1.29 is 18.0 Å². The quantitative estimate of drug-likeness (QED) is 0.530. The first-order chi connectivity index (χ1) is 16.5. The molecule has 186 valence electrons. The zero-order valence-electron chi connectivity index (χ0n) is 20.6. The SMILES string of the molecule is Cc1ccc(-n2ncc3c2C=C2CC[C@H]4C(=CC[C@@H](C(F)(F)F)[C@@H]4NC(=O)C(C)C)[C@@]2(C)C3)cc1. The lowest BCUT2D eigenvalue weighted by molar-refractivity contribution is -0.187. The van der Waals surface area contributed by atoms with E-state index in [2.05, 4.69) is 47.7 Å². The number of aromatic nitrogens is 2. The predicted molar refractivity (Wildman–Crippen MR) is 130 cm³/mol. The maximum Gasteiger partial charge on any atom is 0.394 e.